The van der Waals surface area contributed by atoms with Crippen molar-refractivity contribution in [2.45, 2.75) is 66.2 Å². The van der Waals surface area contributed by atoms with Crippen LogP contribution in [0.5, 0.6) is 0 Å². The van der Waals surface area contributed by atoms with Gasteiger partial charge in [-0.3, -0.25) is 0 Å². The molecule has 0 saturated heterocycles. The molecule has 1 aliphatic rings. The van der Waals surface area contributed by atoms with Gasteiger partial charge in [0, 0.05) is 0 Å². The molecule has 0 spiro atoms. The fourth-order valence-electron chi connectivity index (χ4n) is 2.08. The molecule has 0 N–H and O–H groups in total. The molecule has 0 bridgehead atoms. The van der Waals surface area contributed by atoms with Gasteiger partial charge in [0.15, 0.2) is 0 Å². The third-order valence-corrected chi connectivity index (χ3v) is 3.27. The van der Waals surface area contributed by atoms with Crippen LogP contribution in [0, 0.1) is 10.8 Å². The van der Waals surface area contributed by atoms with E-state index in [0.29, 0.717) is 5.41 Å². The highest BCUT2D eigenvalue weighted by Crippen LogP contribution is 2.45. The van der Waals surface area contributed by atoms with Crippen LogP contribution in [0.3, 0.4) is 0 Å². The Balaban J connectivity index is 2.10. The second kappa shape index (κ2) is 3.40. The minimum absolute atomic E-state index is 0.542. The molecule has 1 rings (SSSR count). The van der Waals surface area contributed by atoms with Crippen molar-refractivity contribution in [3.8, 4) is 0 Å². The molecule has 0 aromatic heterocycles. The lowest BCUT2D eigenvalue weighted by Gasteiger charge is -2.39. The summed E-state index contributed by atoms with van der Waals surface area (Å²) in [5.74, 6) is 0. The summed E-state index contributed by atoms with van der Waals surface area (Å²) in [5.41, 5.74) is 1.28. The van der Waals surface area contributed by atoms with E-state index in [1.807, 2.05) is 0 Å². The molecule has 0 aromatic rings. The summed E-state index contributed by atoms with van der Waals surface area (Å²) in [6.45, 7) is 9.49. The molecular formula is C12H24. The topological polar surface area (TPSA) is 0 Å². The van der Waals surface area contributed by atoms with E-state index in [2.05, 4.69) is 27.7 Å². The van der Waals surface area contributed by atoms with E-state index in [1.165, 1.54) is 38.5 Å². The Morgan fingerprint density at radius 1 is 1.17 bits per heavy atom. The van der Waals surface area contributed by atoms with E-state index < -0.39 is 0 Å². The predicted molar refractivity (Wildman–Crippen MR) is 55.3 cm³/mol. The molecule has 1 saturated carbocycles. The Kier molecular flexibility index (Phi) is 2.85. The number of hydrogen-bond donors (Lipinski definition) is 0. The lowest BCUT2D eigenvalue weighted by Crippen LogP contribution is -2.25. The Morgan fingerprint density at radius 2 is 1.75 bits per heavy atom. The van der Waals surface area contributed by atoms with Gasteiger partial charge in [0.2, 0.25) is 0 Å². The van der Waals surface area contributed by atoms with Crippen LogP contribution >= 0.6 is 0 Å². The van der Waals surface area contributed by atoms with Gasteiger partial charge in [0.1, 0.15) is 0 Å². The lowest BCUT2D eigenvalue weighted by atomic mass is 9.67. The Bertz CT molecular complexity index is 135. The standard InChI is InChI=1S/C12H24/c1-11(2,3)7-5-8-12(4)9-6-10-12/h5-10H2,1-4H3. The Morgan fingerprint density at radius 3 is 2.08 bits per heavy atom. The molecule has 0 nitrogen and oxygen atoms in total. The summed E-state index contributed by atoms with van der Waals surface area (Å²) in [7, 11) is 0. The van der Waals surface area contributed by atoms with Gasteiger partial charge in [-0.15, -0.1) is 0 Å². The van der Waals surface area contributed by atoms with Crippen molar-refractivity contribution in [1.29, 1.82) is 0 Å². The van der Waals surface area contributed by atoms with Gasteiger partial charge in [-0.1, -0.05) is 40.5 Å². The zero-order valence-electron chi connectivity index (χ0n) is 9.24. The van der Waals surface area contributed by atoms with E-state index in [4.69, 9.17) is 0 Å². The second-order valence-electron chi connectivity index (χ2n) is 6.08. The van der Waals surface area contributed by atoms with Crippen LogP contribution < -0.4 is 0 Å². The SMILES string of the molecule is CC(C)(C)CCCC1(C)CCC1. The van der Waals surface area contributed by atoms with Crippen LogP contribution in [0.25, 0.3) is 0 Å². The first-order valence-electron chi connectivity index (χ1n) is 5.41. The van der Waals surface area contributed by atoms with Gasteiger partial charge < -0.3 is 0 Å². The van der Waals surface area contributed by atoms with Crippen LogP contribution in [-0.2, 0) is 0 Å². The van der Waals surface area contributed by atoms with Crippen molar-refractivity contribution in [3.05, 3.63) is 0 Å². The van der Waals surface area contributed by atoms with Crippen LogP contribution in [0.4, 0.5) is 0 Å². The van der Waals surface area contributed by atoms with Gasteiger partial charge in [-0.2, -0.15) is 0 Å². The zero-order valence-corrected chi connectivity index (χ0v) is 9.24. The Hall–Kier alpha value is 0. The largest absolute Gasteiger partial charge is 0.0602 e. The van der Waals surface area contributed by atoms with E-state index in [0.717, 1.165) is 5.41 Å². The number of hydrogen-bond acceptors (Lipinski definition) is 0. The zero-order chi connectivity index (χ0) is 9.24. The van der Waals surface area contributed by atoms with E-state index in [-0.39, 0.29) is 0 Å². The summed E-state index contributed by atoms with van der Waals surface area (Å²) in [4.78, 5) is 0. The first kappa shape index (κ1) is 10.1. The van der Waals surface area contributed by atoms with Crippen LogP contribution in [-0.4, -0.2) is 0 Å². The van der Waals surface area contributed by atoms with Crippen molar-refractivity contribution in [1.82, 2.24) is 0 Å². The predicted octanol–water partition coefficient (Wildman–Crippen LogP) is 4.39. The molecule has 0 atom stereocenters. The minimum Gasteiger partial charge on any atom is -0.0602 e. The summed E-state index contributed by atoms with van der Waals surface area (Å²) in [5, 5.41) is 0. The molecule has 0 heterocycles. The van der Waals surface area contributed by atoms with E-state index >= 15 is 0 Å². The minimum atomic E-state index is 0.542. The maximum atomic E-state index is 2.46. The average Bonchev–Trinajstić information content (AvgIpc) is 1.81. The maximum absolute atomic E-state index is 2.46. The molecule has 72 valence electrons. The van der Waals surface area contributed by atoms with Crippen LogP contribution in [0.1, 0.15) is 66.2 Å². The molecular weight excluding hydrogens is 144 g/mol. The molecule has 1 aliphatic carbocycles. The first-order chi connectivity index (χ1) is 5.41. The van der Waals surface area contributed by atoms with Gasteiger partial charge in [0.25, 0.3) is 0 Å². The molecule has 0 unspecified atom stereocenters. The fourth-order valence-corrected chi connectivity index (χ4v) is 2.08. The van der Waals surface area contributed by atoms with Crippen LogP contribution in [0.2, 0.25) is 0 Å². The van der Waals surface area contributed by atoms with Crippen LogP contribution in [0.15, 0.2) is 0 Å². The van der Waals surface area contributed by atoms with Crippen molar-refractivity contribution in [2.24, 2.45) is 10.8 Å². The summed E-state index contributed by atoms with van der Waals surface area (Å²) < 4.78 is 0. The molecule has 0 heteroatoms. The number of rotatable bonds is 3. The first-order valence-corrected chi connectivity index (χ1v) is 5.41. The highest BCUT2D eigenvalue weighted by atomic mass is 14.4. The Labute approximate surface area is 77.7 Å². The van der Waals surface area contributed by atoms with E-state index in [1.54, 1.807) is 0 Å². The van der Waals surface area contributed by atoms with Crippen molar-refractivity contribution in [2.75, 3.05) is 0 Å². The highest BCUT2D eigenvalue weighted by Gasteiger charge is 2.31. The van der Waals surface area contributed by atoms with Crippen molar-refractivity contribution < 1.29 is 0 Å². The van der Waals surface area contributed by atoms with Gasteiger partial charge >= 0.3 is 0 Å². The smallest absolute Gasteiger partial charge is 0.0326 e. The summed E-state index contributed by atoms with van der Waals surface area (Å²) in [6, 6.07) is 0. The lowest BCUT2D eigenvalue weighted by molar-refractivity contribution is 0.135. The fraction of sp³-hybridized carbons (Fsp3) is 1.00. The van der Waals surface area contributed by atoms with E-state index in [9.17, 15) is 0 Å². The summed E-state index contributed by atoms with van der Waals surface area (Å²) >= 11 is 0. The maximum Gasteiger partial charge on any atom is -0.0326 e. The highest BCUT2D eigenvalue weighted by molar-refractivity contribution is 4.83. The van der Waals surface area contributed by atoms with Gasteiger partial charge in [-0.05, 0) is 36.5 Å². The molecule has 0 radical (unpaired) electrons. The quantitative estimate of drug-likeness (QED) is 0.586. The normalized spacial score (nSPS) is 22.0. The second-order valence-corrected chi connectivity index (χ2v) is 6.08. The third kappa shape index (κ3) is 3.16. The molecule has 0 amide bonds. The van der Waals surface area contributed by atoms with Crippen molar-refractivity contribution >= 4 is 0 Å². The average molecular weight is 168 g/mol. The molecule has 0 aromatic carbocycles. The van der Waals surface area contributed by atoms with Crippen molar-refractivity contribution in [3.63, 3.8) is 0 Å². The monoisotopic (exact) mass is 168 g/mol. The molecule has 12 heavy (non-hydrogen) atoms. The third-order valence-electron chi connectivity index (χ3n) is 3.27. The molecule has 0 aliphatic heterocycles. The van der Waals surface area contributed by atoms with Gasteiger partial charge in [0.05, 0.1) is 0 Å². The van der Waals surface area contributed by atoms with Gasteiger partial charge in [-0.25, -0.2) is 0 Å². The molecule has 1 fully saturated rings. The summed E-state index contributed by atoms with van der Waals surface area (Å²) in [6.07, 6.45) is 8.73.